The minimum atomic E-state index is -1.03. The monoisotopic (exact) mass is 270 g/mol. The number of aliphatic hydroxyl groups excluding tert-OH is 1. The van der Waals surface area contributed by atoms with Gasteiger partial charge >= 0.3 is 5.97 Å². The molecule has 2 unspecified atom stereocenters. The molecule has 3 atom stereocenters. The third-order valence-electron chi connectivity index (χ3n) is 4.00. The summed E-state index contributed by atoms with van der Waals surface area (Å²) in [6, 6.07) is -0.490. The van der Waals surface area contributed by atoms with Gasteiger partial charge in [0.2, 0.25) is 5.91 Å². The van der Waals surface area contributed by atoms with E-state index in [2.05, 4.69) is 5.32 Å². The number of carboxylic acid groups (broad SMARTS) is 1. The van der Waals surface area contributed by atoms with Gasteiger partial charge in [-0.05, 0) is 25.8 Å². The van der Waals surface area contributed by atoms with Crippen LogP contribution in [0.3, 0.4) is 0 Å². The highest BCUT2D eigenvalue weighted by Crippen LogP contribution is 2.20. The number of carboxylic acids is 1. The van der Waals surface area contributed by atoms with Gasteiger partial charge in [0, 0.05) is 25.4 Å². The number of nitrogens with one attached hydrogen (secondary N) is 1. The summed E-state index contributed by atoms with van der Waals surface area (Å²) in [5.41, 5.74) is 0. The third-order valence-corrected chi connectivity index (χ3v) is 4.00. The van der Waals surface area contributed by atoms with Gasteiger partial charge in [-0.3, -0.25) is 4.79 Å². The number of aliphatic carboxylic acids is 1. The lowest BCUT2D eigenvalue weighted by Gasteiger charge is -2.25. The van der Waals surface area contributed by atoms with Crippen LogP contribution in [0.1, 0.15) is 38.5 Å². The Bertz CT molecular complexity index is 342. The standard InChI is InChI=1S/C13H22N2O4/c16-10-7-11(13(18)19)15(8-10)12(17)5-4-9-3-1-2-6-14-9/h9-11,14,16H,1-8H2,(H,18,19)/t9?,10?,11-/m0/s1. The molecule has 0 bridgehead atoms. The molecule has 0 radical (unpaired) electrons. The summed E-state index contributed by atoms with van der Waals surface area (Å²) in [6.07, 6.45) is 3.99. The smallest absolute Gasteiger partial charge is 0.326 e. The molecule has 0 aromatic heterocycles. The van der Waals surface area contributed by atoms with Crippen LogP contribution in [-0.4, -0.2) is 58.3 Å². The molecule has 0 aromatic carbocycles. The van der Waals surface area contributed by atoms with E-state index in [1.165, 1.54) is 17.7 Å². The minimum Gasteiger partial charge on any atom is -0.480 e. The van der Waals surface area contributed by atoms with E-state index in [-0.39, 0.29) is 18.9 Å². The summed E-state index contributed by atoms with van der Waals surface area (Å²) < 4.78 is 0. The van der Waals surface area contributed by atoms with E-state index in [1.807, 2.05) is 0 Å². The molecular weight excluding hydrogens is 248 g/mol. The van der Waals surface area contributed by atoms with Crippen molar-refractivity contribution < 1.29 is 19.8 Å². The number of amides is 1. The summed E-state index contributed by atoms with van der Waals surface area (Å²) in [4.78, 5) is 24.4. The molecule has 6 nitrogen and oxygen atoms in total. The summed E-state index contributed by atoms with van der Waals surface area (Å²) in [7, 11) is 0. The number of β-amino-alcohol motifs (C(OH)–C–C–N with tert-alkyl or cyclic N) is 1. The summed E-state index contributed by atoms with van der Waals surface area (Å²) in [6.45, 7) is 1.15. The van der Waals surface area contributed by atoms with Gasteiger partial charge < -0.3 is 20.4 Å². The van der Waals surface area contributed by atoms with Crippen LogP contribution in [0.4, 0.5) is 0 Å². The van der Waals surface area contributed by atoms with Gasteiger partial charge in [-0.2, -0.15) is 0 Å². The van der Waals surface area contributed by atoms with Crippen LogP contribution in [0.2, 0.25) is 0 Å². The van der Waals surface area contributed by atoms with Gasteiger partial charge in [-0.1, -0.05) is 6.42 Å². The second-order valence-electron chi connectivity index (χ2n) is 5.48. The van der Waals surface area contributed by atoms with Crippen LogP contribution in [0.25, 0.3) is 0 Å². The SMILES string of the molecule is O=C(O)[C@@H]1CC(O)CN1C(=O)CCC1CCCCN1. The van der Waals surface area contributed by atoms with Crippen LogP contribution in [-0.2, 0) is 9.59 Å². The zero-order valence-corrected chi connectivity index (χ0v) is 11.0. The van der Waals surface area contributed by atoms with Crippen molar-refractivity contribution in [2.45, 2.75) is 56.7 Å². The second-order valence-corrected chi connectivity index (χ2v) is 5.48. The lowest BCUT2D eigenvalue weighted by Crippen LogP contribution is -2.41. The van der Waals surface area contributed by atoms with E-state index >= 15 is 0 Å². The van der Waals surface area contributed by atoms with Crippen molar-refractivity contribution in [2.75, 3.05) is 13.1 Å². The molecule has 0 aromatic rings. The molecule has 2 aliphatic rings. The van der Waals surface area contributed by atoms with Crippen LogP contribution < -0.4 is 5.32 Å². The highest BCUT2D eigenvalue weighted by Gasteiger charge is 2.38. The van der Waals surface area contributed by atoms with E-state index in [0.717, 1.165) is 19.4 Å². The molecule has 0 spiro atoms. The topological polar surface area (TPSA) is 89.9 Å². The summed E-state index contributed by atoms with van der Waals surface area (Å²) in [5, 5.41) is 21.9. The maximum Gasteiger partial charge on any atom is 0.326 e. The number of likely N-dealkylation sites (tertiary alicyclic amines) is 1. The number of carbonyl (C=O) groups is 2. The number of rotatable bonds is 4. The summed E-state index contributed by atoms with van der Waals surface area (Å²) in [5.74, 6) is -1.18. The van der Waals surface area contributed by atoms with Crippen molar-refractivity contribution >= 4 is 11.9 Å². The van der Waals surface area contributed by atoms with Crippen molar-refractivity contribution in [2.24, 2.45) is 0 Å². The van der Waals surface area contributed by atoms with Crippen molar-refractivity contribution in [3.05, 3.63) is 0 Å². The Labute approximate surface area is 112 Å². The Morgan fingerprint density at radius 3 is 2.74 bits per heavy atom. The maximum atomic E-state index is 12.1. The lowest BCUT2D eigenvalue weighted by atomic mass is 10.0. The zero-order chi connectivity index (χ0) is 13.8. The Morgan fingerprint density at radius 1 is 1.32 bits per heavy atom. The molecule has 2 saturated heterocycles. The fraction of sp³-hybridized carbons (Fsp3) is 0.846. The summed E-state index contributed by atoms with van der Waals surface area (Å²) >= 11 is 0. The first kappa shape index (κ1) is 14.3. The van der Waals surface area contributed by atoms with Gasteiger partial charge in [0.05, 0.1) is 6.10 Å². The molecule has 3 N–H and O–H groups in total. The zero-order valence-electron chi connectivity index (χ0n) is 11.0. The van der Waals surface area contributed by atoms with E-state index in [0.29, 0.717) is 12.5 Å². The molecule has 2 rings (SSSR count). The molecule has 2 aliphatic heterocycles. The molecule has 2 heterocycles. The van der Waals surface area contributed by atoms with E-state index in [1.54, 1.807) is 0 Å². The highest BCUT2D eigenvalue weighted by atomic mass is 16.4. The lowest BCUT2D eigenvalue weighted by molar-refractivity contribution is -0.148. The van der Waals surface area contributed by atoms with Gasteiger partial charge in [0.25, 0.3) is 0 Å². The Morgan fingerprint density at radius 2 is 2.11 bits per heavy atom. The van der Waals surface area contributed by atoms with Crippen molar-refractivity contribution in [3.63, 3.8) is 0 Å². The molecule has 19 heavy (non-hydrogen) atoms. The second kappa shape index (κ2) is 6.34. The number of hydrogen-bond donors (Lipinski definition) is 3. The molecule has 2 fully saturated rings. The Balaban J connectivity index is 1.82. The first-order chi connectivity index (χ1) is 9.08. The van der Waals surface area contributed by atoms with Gasteiger partial charge in [0.15, 0.2) is 0 Å². The normalized spacial score (nSPS) is 31.4. The highest BCUT2D eigenvalue weighted by molar-refractivity contribution is 5.84. The third kappa shape index (κ3) is 3.67. The number of aliphatic hydroxyl groups is 1. The minimum absolute atomic E-state index is 0.142. The largest absolute Gasteiger partial charge is 0.480 e. The van der Waals surface area contributed by atoms with Gasteiger partial charge in [0.1, 0.15) is 6.04 Å². The fourth-order valence-corrected chi connectivity index (χ4v) is 2.94. The average Bonchev–Trinajstić information content (AvgIpc) is 2.79. The molecule has 1 amide bonds. The fourth-order valence-electron chi connectivity index (χ4n) is 2.94. The van der Waals surface area contributed by atoms with Crippen LogP contribution in [0.5, 0.6) is 0 Å². The number of hydrogen-bond acceptors (Lipinski definition) is 4. The van der Waals surface area contributed by atoms with Gasteiger partial charge in [-0.15, -0.1) is 0 Å². The molecule has 0 aliphatic carbocycles. The number of piperidine rings is 1. The molecule has 108 valence electrons. The predicted molar refractivity (Wildman–Crippen MR) is 68.6 cm³/mol. The van der Waals surface area contributed by atoms with Crippen molar-refractivity contribution in [3.8, 4) is 0 Å². The molecule has 0 saturated carbocycles. The van der Waals surface area contributed by atoms with E-state index < -0.39 is 18.1 Å². The Hall–Kier alpha value is -1.14. The molecular formula is C13H22N2O4. The van der Waals surface area contributed by atoms with E-state index in [9.17, 15) is 14.7 Å². The molecule has 6 heteroatoms. The number of nitrogens with zero attached hydrogens (tertiary/aromatic N) is 1. The quantitative estimate of drug-likeness (QED) is 0.666. The van der Waals surface area contributed by atoms with Crippen molar-refractivity contribution in [1.29, 1.82) is 0 Å². The van der Waals surface area contributed by atoms with E-state index in [4.69, 9.17) is 5.11 Å². The average molecular weight is 270 g/mol. The first-order valence-corrected chi connectivity index (χ1v) is 7.01. The maximum absolute atomic E-state index is 12.1. The first-order valence-electron chi connectivity index (χ1n) is 7.01. The van der Waals surface area contributed by atoms with Crippen LogP contribution in [0.15, 0.2) is 0 Å². The number of carbonyl (C=O) groups excluding carboxylic acids is 1. The van der Waals surface area contributed by atoms with Crippen LogP contribution in [0, 0.1) is 0 Å². The van der Waals surface area contributed by atoms with Crippen molar-refractivity contribution in [1.82, 2.24) is 10.2 Å². The Kier molecular flexibility index (Phi) is 4.76. The van der Waals surface area contributed by atoms with Gasteiger partial charge in [-0.25, -0.2) is 4.79 Å². The van der Waals surface area contributed by atoms with Crippen LogP contribution >= 0.6 is 0 Å². The predicted octanol–water partition coefficient (Wildman–Crippen LogP) is -0.0449.